The number of nitrogens with one attached hydrogen (secondary N) is 1. The van der Waals surface area contributed by atoms with E-state index in [1.807, 2.05) is 24.3 Å². The van der Waals surface area contributed by atoms with E-state index < -0.39 is 0 Å². The Hall–Kier alpha value is -1.09. The summed E-state index contributed by atoms with van der Waals surface area (Å²) in [5, 5.41) is 1.14. The molecule has 0 saturated carbocycles. The Morgan fingerprint density at radius 1 is 1.38 bits per heavy atom. The van der Waals surface area contributed by atoms with Gasteiger partial charge in [0.2, 0.25) is 0 Å². The number of halogens is 1. The van der Waals surface area contributed by atoms with E-state index >= 15 is 0 Å². The monoisotopic (exact) mass is 237 g/mol. The Kier molecular flexibility index (Phi) is 2.19. The molecule has 0 spiro atoms. The van der Waals surface area contributed by atoms with E-state index in [1.54, 1.807) is 0 Å². The lowest BCUT2D eigenvalue weighted by atomic mass is 10.2. The van der Waals surface area contributed by atoms with Gasteiger partial charge in [-0.2, -0.15) is 0 Å². The van der Waals surface area contributed by atoms with Gasteiger partial charge in [0.1, 0.15) is 6.29 Å². The highest BCUT2D eigenvalue weighted by Gasteiger charge is 1.99. The maximum absolute atomic E-state index is 10.3. The van der Waals surface area contributed by atoms with Crippen LogP contribution in [0.1, 0.15) is 5.69 Å². The first kappa shape index (κ1) is 8.51. The highest BCUT2D eigenvalue weighted by atomic mass is 79.9. The summed E-state index contributed by atoms with van der Waals surface area (Å²) in [5.74, 6) is 0. The average molecular weight is 238 g/mol. The summed E-state index contributed by atoms with van der Waals surface area (Å²) in [4.78, 5) is 13.5. The third kappa shape index (κ3) is 1.65. The fourth-order valence-electron chi connectivity index (χ4n) is 1.36. The van der Waals surface area contributed by atoms with Crippen LogP contribution in [0.3, 0.4) is 0 Å². The van der Waals surface area contributed by atoms with Gasteiger partial charge in [-0.05, 0) is 23.6 Å². The molecule has 3 heteroatoms. The number of aromatic amines is 1. The molecule has 0 bridgehead atoms. The van der Waals surface area contributed by atoms with Crippen LogP contribution in [0.25, 0.3) is 10.9 Å². The third-order valence-corrected chi connectivity index (χ3v) is 2.44. The zero-order valence-electron chi connectivity index (χ0n) is 6.88. The maximum Gasteiger partial charge on any atom is 0.125 e. The minimum Gasteiger partial charge on any atom is -0.358 e. The van der Waals surface area contributed by atoms with Crippen molar-refractivity contribution in [2.75, 3.05) is 0 Å². The van der Waals surface area contributed by atoms with Crippen LogP contribution >= 0.6 is 15.9 Å². The highest BCUT2D eigenvalue weighted by Crippen LogP contribution is 2.20. The third-order valence-electron chi connectivity index (χ3n) is 1.94. The molecule has 1 heterocycles. The molecule has 66 valence electrons. The second kappa shape index (κ2) is 3.34. The molecule has 0 unspecified atom stereocenters. The molecule has 0 saturated heterocycles. The van der Waals surface area contributed by atoms with Gasteiger partial charge < -0.3 is 9.78 Å². The van der Waals surface area contributed by atoms with Crippen LogP contribution in [0.5, 0.6) is 0 Å². The Morgan fingerprint density at radius 3 is 3.00 bits per heavy atom. The van der Waals surface area contributed by atoms with Gasteiger partial charge in [-0.3, -0.25) is 0 Å². The molecule has 2 nitrogen and oxygen atoms in total. The maximum atomic E-state index is 10.3. The van der Waals surface area contributed by atoms with Gasteiger partial charge in [0.15, 0.2) is 0 Å². The van der Waals surface area contributed by atoms with E-state index in [1.165, 1.54) is 0 Å². The average Bonchev–Trinajstić information content (AvgIpc) is 2.46. The van der Waals surface area contributed by atoms with Gasteiger partial charge in [0.25, 0.3) is 0 Å². The lowest BCUT2D eigenvalue weighted by molar-refractivity contribution is -0.107. The van der Waals surface area contributed by atoms with Crippen molar-refractivity contribution in [3.63, 3.8) is 0 Å². The second-order valence-electron chi connectivity index (χ2n) is 2.90. The largest absolute Gasteiger partial charge is 0.358 e. The van der Waals surface area contributed by atoms with Crippen molar-refractivity contribution in [1.82, 2.24) is 4.98 Å². The van der Waals surface area contributed by atoms with E-state index in [2.05, 4.69) is 20.9 Å². The van der Waals surface area contributed by atoms with Gasteiger partial charge in [-0.1, -0.05) is 22.0 Å². The van der Waals surface area contributed by atoms with E-state index in [4.69, 9.17) is 0 Å². The fourth-order valence-corrected chi connectivity index (χ4v) is 1.72. The van der Waals surface area contributed by atoms with Crippen molar-refractivity contribution in [1.29, 1.82) is 0 Å². The second-order valence-corrected chi connectivity index (χ2v) is 3.81. The molecule has 1 N–H and O–H groups in total. The minimum atomic E-state index is 0.451. The van der Waals surface area contributed by atoms with Gasteiger partial charge >= 0.3 is 0 Å². The van der Waals surface area contributed by atoms with Crippen molar-refractivity contribution in [2.24, 2.45) is 0 Å². The standard InChI is InChI=1S/C10H8BrNO/c11-8-2-1-7-5-9(3-4-13)12-10(7)6-8/h1-2,4-6,12H,3H2. The summed E-state index contributed by atoms with van der Waals surface area (Å²) >= 11 is 3.39. The molecule has 0 aliphatic carbocycles. The summed E-state index contributed by atoms with van der Waals surface area (Å²) in [7, 11) is 0. The number of carbonyl (C=O) groups is 1. The molecule has 13 heavy (non-hydrogen) atoms. The number of benzene rings is 1. The summed E-state index contributed by atoms with van der Waals surface area (Å²) in [5.41, 5.74) is 2.02. The zero-order valence-corrected chi connectivity index (χ0v) is 8.47. The predicted octanol–water partition coefficient (Wildman–Crippen LogP) is 2.67. The normalized spacial score (nSPS) is 10.5. The number of carbonyl (C=O) groups excluding carboxylic acids is 1. The van der Waals surface area contributed by atoms with Crippen LogP contribution in [0.15, 0.2) is 28.7 Å². The van der Waals surface area contributed by atoms with Crippen LogP contribution in [-0.4, -0.2) is 11.3 Å². The number of H-pyrrole nitrogens is 1. The SMILES string of the molecule is O=CCc1cc2ccc(Br)cc2[nH]1. The Balaban J connectivity index is 2.55. The Morgan fingerprint density at radius 2 is 2.23 bits per heavy atom. The highest BCUT2D eigenvalue weighted by molar-refractivity contribution is 9.10. The number of aromatic nitrogens is 1. The molecule has 0 radical (unpaired) electrons. The van der Waals surface area contributed by atoms with E-state index in [0.29, 0.717) is 6.42 Å². The molecular weight excluding hydrogens is 230 g/mol. The minimum absolute atomic E-state index is 0.451. The topological polar surface area (TPSA) is 32.9 Å². The molecule has 2 aromatic rings. The zero-order chi connectivity index (χ0) is 9.26. The van der Waals surface area contributed by atoms with E-state index in [0.717, 1.165) is 27.4 Å². The van der Waals surface area contributed by atoms with Crippen LogP contribution in [0.4, 0.5) is 0 Å². The molecule has 0 fully saturated rings. The molecular formula is C10H8BrNO. The van der Waals surface area contributed by atoms with Crippen molar-refractivity contribution in [3.8, 4) is 0 Å². The Bertz CT molecular complexity index is 447. The van der Waals surface area contributed by atoms with Gasteiger partial charge in [-0.15, -0.1) is 0 Å². The van der Waals surface area contributed by atoms with Crippen molar-refractivity contribution >= 4 is 33.1 Å². The fraction of sp³-hybridized carbons (Fsp3) is 0.100. The lowest BCUT2D eigenvalue weighted by Gasteiger charge is -1.89. The van der Waals surface area contributed by atoms with E-state index in [-0.39, 0.29) is 0 Å². The lowest BCUT2D eigenvalue weighted by Crippen LogP contribution is -1.83. The molecule has 1 aromatic carbocycles. The molecule has 1 aromatic heterocycles. The summed E-state index contributed by atoms with van der Waals surface area (Å²) in [6.45, 7) is 0. The number of hydrogen-bond donors (Lipinski definition) is 1. The number of fused-ring (bicyclic) bond motifs is 1. The van der Waals surface area contributed by atoms with Crippen LogP contribution in [0, 0.1) is 0 Å². The van der Waals surface area contributed by atoms with Gasteiger partial charge in [0, 0.05) is 22.1 Å². The summed E-state index contributed by atoms with van der Waals surface area (Å²) < 4.78 is 1.04. The summed E-state index contributed by atoms with van der Waals surface area (Å²) in [6.07, 6.45) is 1.35. The first-order valence-electron chi connectivity index (χ1n) is 4.00. The first-order valence-corrected chi connectivity index (χ1v) is 4.79. The van der Waals surface area contributed by atoms with Crippen molar-refractivity contribution < 1.29 is 4.79 Å². The predicted molar refractivity (Wildman–Crippen MR) is 55.8 cm³/mol. The number of aldehydes is 1. The molecule has 0 atom stereocenters. The molecule has 0 amide bonds. The molecule has 0 aliphatic heterocycles. The van der Waals surface area contributed by atoms with Crippen molar-refractivity contribution in [2.45, 2.75) is 6.42 Å². The van der Waals surface area contributed by atoms with Crippen molar-refractivity contribution in [3.05, 3.63) is 34.4 Å². The van der Waals surface area contributed by atoms with E-state index in [9.17, 15) is 4.79 Å². The van der Waals surface area contributed by atoms with Crippen LogP contribution < -0.4 is 0 Å². The van der Waals surface area contributed by atoms with Crippen LogP contribution in [-0.2, 0) is 11.2 Å². The van der Waals surface area contributed by atoms with Gasteiger partial charge in [0.05, 0.1) is 0 Å². The Labute approximate surface area is 84.1 Å². The molecule has 0 aliphatic rings. The quantitative estimate of drug-likeness (QED) is 0.801. The number of hydrogen-bond acceptors (Lipinski definition) is 1. The molecule has 2 rings (SSSR count). The first-order chi connectivity index (χ1) is 6.29. The van der Waals surface area contributed by atoms with Crippen LogP contribution in [0.2, 0.25) is 0 Å². The summed E-state index contributed by atoms with van der Waals surface area (Å²) in [6, 6.07) is 8.00. The van der Waals surface area contributed by atoms with Gasteiger partial charge in [-0.25, -0.2) is 0 Å². The smallest absolute Gasteiger partial charge is 0.125 e. The number of rotatable bonds is 2.